The number of anilines is 2. The summed E-state index contributed by atoms with van der Waals surface area (Å²) in [6.07, 6.45) is 3.03. The third-order valence-corrected chi connectivity index (χ3v) is 3.56. The zero-order chi connectivity index (χ0) is 15.4. The van der Waals surface area contributed by atoms with Crippen LogP contribution in [0.4, 0.5) is 20.4 Å². The van der Waals surface area contributed by atoms with Crippen molar-refractivity contribution in [2.45, 2.75) is 38.6 Å². The van der Waals surface area contributed by atoms with Crippen molar-refractivity contribution in [1.29, 1.82) is 0 Å². The highest BCUT2D eigenvalue weighted by molar-refractivity contribution is 5.83. The summed E-state index contributed by atoms with van der Waals surface area (Å²) in [5.74, 6) is -2.04. The molecule has 5 nitrogen and oxygen atoms in total. The average molecular weight is 298 g/mol. The molecule has 1 fully saturated rings. The standard InChI is InChI=1S/C14H20F2N4O/c1-2-6-18-13-9(15)8-10(16)14(19-13)20-7-4-3-5-11(20)12(17)21/h8,11H,2-7H2,1H3,(H2,17,21)(H,18,19). The molecule has 2 heterocycles. The first-order valence-electron chi connectivity index (χ1n) is 7.20. The van der Waals surface area contributed by atoms with Gasteiger partial charge in [-0.15, -0.1) is 0 Å². The van der Waals surface area contributed by atoms with Gasteiger partial charge in [-0.25, -0.2) is 13.8 Å². The molecule has 1 unspecified atom stereocenters. The molecule has 0 saturated carbocycles. The summed E-state index contributed by atoms with van der Waals surface area (Å²) in [6.45, 7) is 2.95. The molecule has 1 atom stereocenters. The molecular formula is C14H20F2N4O. The zero-order valence-electron chi connectivity index (χ0n) is 12.0. The normalized spacial score (nSPS) is 18.6. The monoisotopic (exact) mass is 298 g/mol. The van der Waals surface area contributed by atoms with Crippen LogP contribution in [0.1, 0.15) is 32.6 Å². The first-order chi connectivity index (χ1) is 10.0. The maximum atomic E-state index is 14.0. The van der Waals surface area contributed by atoms with Crippen LogP contribution < -0.4 is 16.0 Å². The fraction of sp³-hybridized carbons (Fsp3) is 0.571. The molecule has 116 valence electrons. The van der Waals surface area contributed by atoms with E-state index in [4.69, 9.17) is 5.73 Å². The van der Waals surface area contributed by atoms with Gasteiger partial charge in [-0.3, -0.25) is 4.79 Å². The number of carbonyl (C=O) groups excluding carboxylic acids is 1. The Kier molecular flexibility index (Phi) is 4.93. The minimum absolute atomic E-state index is 0.00189. The van der Waals surface area contributed by atoms with Crippen LogP contribution in [0.5, 0.6) is 0 Å². The van der Waals surface area contributed by atoms with Crippen LogP contribution >= 0.6 is 0 Å². The summed E-state index contributed by atoms with van der Waals surface area (Å²) in [7, 11) is 0. The van der Waals surface area contributed by atoms with E-state index in [2.05, 4.69) is 10.3 Å². The highest BCUT2D eigenvalue weighted by Gasteiger charge is 2.30. The van der Waals surface area contributed by atoms with Gasteiger partial charge in [0, 0.05) is 19.2 Å². The van der Waals surface area contributed by atoms with Crippen molar-refractivity contribution in [3.63, 3.8) is 0 Å². The van der Waals surface area contributed by atoms with Crippen LogP contribution in [0.3, 0.4) is 0 Å². The number of nitrogens with one attached hydrogen (secondary N) is 1. The highest BCUT2D eigenvalue weighted by atomic mass is 19.1. The maximum absolute atomic E-state index is 14.0. The number of primary amides is 1. The van der Waals surface area contributed by atoms with Crippen LogP contribution in [0.2, 0.25) is 0 Å². The molecule has 0 spiro atoms. The molecule has 1 amide bonds. The molecule has 21 heavy (non-hydrogen) atoms. The van der Waals surface area contributed by atoms with Crippen LogP contribution in [0.15, 0.2) is 6.07 Å². The molecule has 1 aliphatic heterocycles. The Morgan fingerprint density at radius 3 is 2.90 bits per heavy atom. The van der Waals surface area contributed by atoms with Crippen molar-refractivity contribution in [3.05, 3.63) is 17.7 Å². The summed E-state index contributed by atoms with van der Waals surface area (Å²) in [5.41, 5.74) is 5.37. The molecule has 1 aromatic heterocycles. The second kappa shape index (κ2) is 6.69. The number of halogens is 2. The van der Waals surface area contributed by atoms with E-state index in [0.717, 1.165) is 25.3 Å². The van der Waals surface area contributed by atoms with Gasteiger partial charge in [0.25, 0.3) is 0 Å². The predicted octanol–water partition coefficient (Wildman–Crippen LogP) is 2.03. The number of aromatic nitrogens is 1. The van der Waals surface area contributed by atoms with E-state index >= 15 is 0 Å². The van der Waals surface area contributed by atoms with Crippen molar-refractivity contribution >= 4 is 17.5 Å². The third-order valence-electron chi connectivity index (χ3n) is 3.56. The fourth-order valence-electron chi connectivity index (χ4n) is 2.51. The van der Waals surface area contributed by atoms with Gasteiger partial charge >= 0.3 is 0 Å². The van der Waals surface area contributed by atoms with E-state index < -0.39 is 23.6 Å². The summed E-state index contributed by atoms with van der Waals surface area (Å²) in [5, 5.41) is 2.82. The number of rotatable bonds is 5. The largest absolute Gasteiger partial charge is 0.368 e. The average Bonchev–Trinajstić information content (AvgIpc) is 2.46. The molecular weight excluding hydrogens is 278 g/mol. The number of pyridine rings is 1. The van der Waals surface area contributed by atoms with Crippen molar-refractivity contribution in [1.82, 2.24) is 4.98 Å². The summed E-state index contributed by atoms with van der Waals surface area (Å²) in [4.78, 5) is 17.1. The van der Waals surface area contributed by atoms with Gasteiger partial charge < -0.3 is 16.0 Å². The predicted molar refractivity (Wildman–Crippen MR) is 77.1 cm³/mol. The molecule has 2 rings (SSSR count). The first kappa shape index (κ1) is 15.5. The van der Waals surface area contributed by atoms with Crippen molar-refractivity contribution < 1.29 is 13.6 Å². The SMILES string of the molecule is CCCNc1nc(N2CCCCC2C(N)=O)c(F)cc1F. The summed E-state index contributed by atoms with van der Waals surface area (Å²) >= 11 is 0. The van der Waals surface area contributed by atoms with Crippen LogP contribution in [-0.4, -0.2) is 30.0 Å². The second-order valence-electron chi connectivity index (χ2n) is 5.16. The molecule has 1 aromatic rings. The van der Waals surface area contributed by atoms with E-state index in [9.17, 15) is 13.6 Å². The van der Waals surface area contributed by atoms with E-state index in [1.54, 1.807) is 0 Å². The number of amides is 1. The highest BCUT2D eigenvalue weighted by Crippen LogP contribution is 2.28. The Morgan fingerprint density at radius 2 is 2.24 bits per heavy atom. The lowest BCUT2D eigenvalue weighted by Crippen LogP contribution is -2.48. The van der Waals surface area contributed by atoms with E-state index in [1.807, 2.05) is 6.92 Å². The lowest BCUT2D eigenvalue weighted by atomic mass is 10.0. The van der Waals surface area contributed by atoms with Gasteiger partial charge in [0.05, 0.1) is 0 Å². The number of nitrogens with zero attached hydrogens (tertiary/aromatic N) is 2. The van der Waals surface area contributed by atoms with Crippen molar-refractivity contribution in [2.75, 3.05) is 23.3 Å². The first-order valence-corrected chi connectivity index (χ1v) is 7.20. The Labute approximate surface area is 122 Å². The number of hydrogen-bond acceptors (Lipinski definition) is 4. The Hall–Kier alpha value is -1.92. The second-order valence-corrected chi connectivity index (χ2v) is 5.16. The Balaban J connectivity index is 2.34. The van der Waals surface area contributed by atoms with Crippen molar-refractivity contribution in [2.24, 2.45) is 5.73 Å². The number of piperidine rings is 1. The molecule has 0 aliphatic carbocycles. The lowest BCUT2D eigenvalue weighted by Gasteiger charge is -2.34. The summed E-state index contributed by atoms with van der Waals surface area (Å²) in [6, 6.07) is 0.206. The van der Waals surface area contributed by atoms with Crippen molar-refractivity contribution in [3.8, 4) is 0 Å². The quantitative estimate of drug-likeness (QED) is 0.872. The Bertz CT molecular complexity index is 524. The van der Waals surface area contributed by atoms with Crippen LogP contribution in [-0.2, 0) is 4.79 Å². The Morgan fingerprint density at radius 1 is 1.48 bits per heavy atom. The fourth-order valence-corrected chi connectivity index (χ4v) is 2.51. The number of nitrogens with two attached hydrogens (primary N) is 1. The van der Waals surface area contributed by atoms with Gasteiger partial charge in [-0.05, 0) is 25.7 Å². The van der Waals surface area contributed by atoms with Gasteiger partial charge in [0.1, 0.15) is 6.04 Å². The van der Waals surface area contributed by atoms with Gasteiger partial charge in [-0.1, -0.05) is 6.92 Å². The lowest BCUT2D eigenvalue weighted by molar-refractivity contribution is -0.119. The topological polar surface area (TPSA) is 71.2 Å². The smallest absolute Gasteiger partial charge is 0.240 e. The molecule has 0 radical (unpaired) electrons. The third kappa shape index (κ3) is 3.40. The minimum atomic E-state index is -0.775. The van der Waals surface area contributed by atoms with Crippen LogP contribution in [0.25, 0.3) is 0 Å². The minimum Gasteiger partial charge on any atom is -0.368 e. The number of hydrogen-bond donors (Lipinski definition) is 2. The van der Waals surface area contributed by atoms with Gasteiger partial charge in [-0.2, -0.15) is 0 Å². The molecule has 7 heteroatoms. The molecule has 3 N–H and O–H groups in total. The van der Waals surface area contributed by atoms with E-state index in [0.29, 0.717) is 19.5 Å². The molecule has 0 bridgehead atoms. The summed E-state index contributed by atoms with van der Waals surface area (Å²) < 4.78 is 27.8. The van der Waals surface area contributed by atoms with E-state index in [1.165, 1.54) is 4.90 Å². The van der Waals surface area contributed by atoms with Crippen LogP contribution in [0, 0.1) is 11.6 Å². The van der Waals surface area contributed by atoms with Gasteiger partial charge in [0.15, 0.2) is 23.3 Å². The maximum Gasteiger partial charge on any atom is 0.240 e. The molecule has 1 aliphatic rings. The molecule has 0 aromatic carbocycles. The van der Waals surface area contributed by atoms with E-state index in [-0.39, 0.29) is 11.6 Å². The zero-order valence-corrected chi connectivity index (χ0v) is 12.0. The van der Waals surface area contributed by atoms with Gasteiger partial charge in [0.2, 0.25) is 5.91 Å². The molecule has 1 saturated heterocycles. The number of carbonyl (C=O) groups is 1.